The topological polar surface area (TPSA) is 84.8 Å². The number of carbonyl (C=O) groups excluding carboxylic acids is 1. The van der Waals surface area contributed by atoms with E-state index in [2.05, 4.69) is 4.99 Å². The number of isocyanates is 1. The number of hydrogen-bond donors (Lipinski definition) is 0. The van der Waals surface area contributed by atoms with Gasteiger partial charge in [0.2, 0.25) is 6.08 Å². The Morgan fingerprint density at radius 1 is 0.792 bits per heavy atom. The summed E-state index contributed by atoms with van der Waals surface area (Å²) in [5, 5.41) is 0. The Hall–Kier alpha value is -0.426. The second kappa shape index (κ2) is 13.8. The summed E-state index contributed by atoms with van der Waals surface area (Å²) in [4.78, 5) is 13.8. The van der Waals surface area contributed by atoms with Gasteiger partial charge in [0.15, 0.2) is 0 Å². The van der Waals surface area contributed by atoms with Gasteiger partial charge in [-0.2, -0.15) is 0 Å². The molecule has 0 bridgehead atoms. The smallest absolute Gasteiger partial charge is 0.374 e. The van der Waals surface area contributed by atoms with Gasteiger partial charge in [-0.1, -0.05) is 0 Å². The van der Waals surface area contributed by atoms with Crippen LogP contribution in [-0.4, -0.2) is 63.5 Å². The molecular formula is C14H31NO7Si2. The number of rotatable bonds is 16. The first-order valence-electron chi connectivity index (χ1n) is 8.51. The average Bonchev–Trinajstić information content (AvgIpc) is 2.53. The van der Waals surface area contributed by atoms with Crippen LogP contribution in [0.25, 0.3) is 0 Å². The Kier molecular flexibility index (Phi) is 13.6. The van der Waals surface area contributed by atoms with Crippen LogP contribution < -0.4 is 0 Å². The van der Waals surface area contributed by atoms with Crippen molar-refractivity contribution in [1.29, 1.82) is 0 Å². The molecule has 0 aromatic heterocycles. The van der Waals surface area contributed by atoms with E-state index in [4.69, 9.17) is 26.2 Å². The normalized spacial score (nSPS) is 12.2. The first-order chi connectivity index (χ1) is 11.6. The van der Waals surface area contributed by atoms with Gasteiger partial charge < -0.3 is 26.2 Å². The Morgan fingerprint density at radius 3 is 1.62 bits per heavy atom. The Morgan fingerprint density at radius 2 is 1.25 bits per heavy atom. The van der Waals surface area contributed by atoms with Crippen molar-refractivity contribution in [3.63, 3.8) is 0 Å². The van der Waals surface area contributed by atoms with E-state index in [-0.39, 0.29) is 0 Å². The lowest BCUT2D eigenvalue weighted by atomic mass is 10.5. The predicted molar refractivity (Wildman–Crippen MR) is 93.1 cm³/mol. The molecule has 0 aliphatic rings. The first kappa shape index (κ1) is 23.6. The van der Waals surface area contributed by atoms with Gasteiger partial charge in [-0.15, -0.1) is 0 Å². The lowest BCUT2D eigenvalue weighted by molar-refractivity contribution is -0.0224. The van der Waals surface area contributed by atoms with Crippen LogP contribution in [0, 0.1) is 0 Å². The largest absolute Gasteiger partial charge is 0.672 e. The van der Waals surface area contributed by atoms with Gasteiger partial charge in [0.1, 0.15) is 0 Å². The predicted octanol–water partition coefficient (Wildman–Crippen LogP) is 2.29. The molecule has 0 spiro atoms. The molecule has 0 aromatic rings. The SMILES string of the molecule is CCO[Si](CCCN=C=O)(OCC)O[Si](OCC)(OCC)OCC. The summed E-state index contributed by atoms with van der Waals surface area (Å²) in [5.74, 6) is 0. The van der Waals surface area contributed by atoms with E-state index in [1.165, 1.54) is 6.08 Å². The molecule has 0 atom stereocenters. The van der Waals surface area contributed by atoms with Crippen LogP contribution in [0.2, 0.25) is 6.04 Å². The van der Waals surface area contributed by atoms with E-state index in [9.17, 15) is 4.79 Å². The minimum absolute atomic E-state index is 0.341. The maximum Gasteiger partial charge on any atom is 0.672 e. The average molecular weight is 382 g/mol. The van der Waals surface area contributed by atoms with E-state index < -0.39 is 17.9 Å². The summed E-state index contributed by atoms with van der Waals surface area (Å²) < 4.78 is 35.3. The fraction of sp³-hybridized carbons (Fsp3) is 0.929. The summed E-state index contributed by atoms with van der Waals surface area (Å²) in [6.45, 7) is 11.7. The van der Waals surface area contributed by atoms with Crippen LogP contribution >= 0.6 is 0 Å². The van der Waals surface area contributed by atoms with Crippen molar-refractivity contribution in [1.82, 2.24) is 0 Å². The molecule has 0 fully saturated rings. The molecule has 0 aromatic carbocycles. The van der Waals surface area contributed by atoms with E-state index in [1.54, 1.807) is 0 Å². The van der Waals surface area contributed by atoms with Gasteiger partial charge in [0, 0.05) is 39.1 Å². The maximum atomic E-state index is 10.2. The summed E-state index contributed by atoms with van der Waals surface area (Å²) in [7, 11) is -6.47. The van der Waals surface area contributed by atoms with E-state index in [1.807, 2.05) is 34.6 Å². The molecule has 0 aliphatic carbocycles. The van der Waals surface area contributed by atoms with Crippen molar-refractivity contribution in [3.8, 4) is 0 Å². The zero-order valence-electron chi connectivity index (χ0n) is 15.5. The molecule has 0 radical (unpaired) electrons. The van der Waals surface area contributed by atoms with Gasteiger partial charge in [0.05, 0.1) is 6.54 Å². The Bertz CT molecular complexity index is 344. The van der Waals surface area contributed by atoms with Gasteiger partial charge in [-0.25, -0.2) is 9.79 Å². The standard InChI is InChI=1S/C14H31NO7Si2/c1-6-17-23(18-7-2,13-11-12-15-14-16)22-24(19-8-3,20-9-4)21-10-5/h6-13H2,1-5H3. The molecule has 0 saturated carbocycles. The van der Waals surface area contributed by atoms with E-state index >= 15 is 0 Å². The van der Waals surface area contributed by atoms with Crippen LogP contribution in [0.15, 0.2) is 4.99 Å². The molecule has 24 heavy (non-hydrogen) atoms. The van der Waals surface area contributed by atoms with Gasteiger partial charge >= 0.3 is 17.9 Å². The van der Waals surface area contributed by atoms with Crippen LogP contribution in [0.1, 0.15) is 41.0 Å². The summed E-state index contributed by atoms with van der Waals surface area (Å²) in [6.07, 6.45) is 2.11. The lowest BCUT2D eigenvalue weighted by Crippen LogP contribution is -2.60. The van der Waals surface area contributed by atoms with Gasteiger partial charge in [0.25, 0.3) is 0 Å². The molecule has 142 valence electrons. The lowest BCUT2D eigenvalue weighted by Gasteiger charge is -2.36. The molecule has 0 rings (SSSR count). The highest BCUT2D eigenvalue weighted by Crippen LogP contribution is 2.25. The molecule has 0 N–H and O–H groups in total. The number of nitrogens with zero attached hydrogens (tertiary/aromatic N) is 1. The zero-order chi connectivity index (χ0) is 18.3. The highest BCUT2D eigenvalue weighted by Gasteiger charge is 2.56. The maximum absolute atomic E-state index is 10.2. The van der Waals surface area contributed by atoms with Crippen LogP contribution in [0.3, 0.4) is 0 Å². The van der Waals surface area contributed by atoms with E-state index in [0.717, 1.165) is 0 Å². The molecule has 10 heteroatoms. The summed E-state index contributed by atoms with van der Waals surface area (Å²) in [5.41, 5.74) is 0. The fourth-order valence-corrected chi connectivity index (χ4v) is 8.35. The van der Waals surface area contributed by atoms with Crippen molar-refractivity contribution in [3.05, 3.63) is 0 Å². The molecule has 0 unspecified atom stereocenters. The van der Waals surface area contributed by atoms with Crippen LogP contribution in [-0.2, 0) is 31.0 Å². The highest BCUT2D eigenvalue weighted by molar-refractivity contribution is 6.72. The Labute approximate surface area is 147 Å². The number of aliphatic imine (C=N–C) groups is 1. The molecular weight excluding hydrogens is 350 g/mol. The molecule has 8 nitrogen and oxygen atoms in total. The third kappa shape index (κ3) is 8.61. The molecule has 0 amide bonds. The molecule has 0 heterocycles. The van der Waals surface area contributed by atoms with Crippen molar-refractivity contribution in [2.45, 2.75) is 47.1 Å². The van der Waals surface area contributed by atoms with Gasteiger partial charge in [-0.05, 0) is 41.0 Å². The van der Waals surface area contributed by atoms with Crippen molar-refractivity contribution >= 4 is 23.9 Å². The highest BCUT2D eigenvalue weighted by atomic mass is 28.5. The Balaban J connectivity index is 5.39. The van der Waals surface area contributed by atoms with Crippen molar-refractivity contribution in [2.75, 3.05) is 39.6 Å². The quantitative estimate of drug-likeness (QED) is 0.175. The minimum atomic E-state index is -3.37. The zero-order valence-corrected chi connectivity index (χ0v) is 17.5. The van der Waals surface area contributed by atoms with Crippen LogP contribution in [0.5, 0.6) is 0 Å². The summed E-state index contributed by atoms with van der Waals surface area (Å²) in [6, 6.07) is 0.488. The minimum Gasteiger partial charge on any atom is -0.374 e. The molecule has 0 aliphatic heterocycles. The van der Waals surface area contributed by atoms with Crippen LogP contribution in [0.4, 0.5) is 0 Å². The summed E-state index contributed by atoms with van der Waals surface area (Å²) >= 11 is 0. The second-order valence-electron chi connectivity index (χ2n) is 4.53. The van der Waals surface area contributed by atoms with Crippen molar-refractivity contribution < 1.29 is 31.0 Å². The third-order valence-corrected chi connectivity index (χ3v) is 9.38. The van der Waals surface area contributed by atoms with Crippen molar-refractivity contribution in [2.24, 2.45) is 4.99 Å². The first-order valence-corrected chi connectivity index (χ1v) is 12.1. The molecule has 0 saturated heterocycles. The monoisotopic (exact) mass is 381 g/mol. The number of hydrogen-bond acceptors (Lipinski definition) is 8. The fourth-order valence-electron chi connectivity index (χ4n) is 2.09. The third-order valence-electron chi connectivity index (χ3n) is 2.79. The van der Waals surface area contributed by atoms with E-state index in [0.29, 0.717) is 52.0 Å². The second-order valence-corrected chi connectivity index (χ2v) is 9.65. The van der Waals surface area contributed by atoms with Gasteiger partial charge in [-0.3, -0.25) is 0 Å².